The van der Waals surface area contributed by atoms with Crippen LogP contribution in [0.15, 0.2) is 0 Å². The number of carbonyl (C=O) groups is 2. The first-order valence-corrected chi connectivity index (χ1v) is 14.1. The lowest BCUT2D eigenvalue weighted by Gasteiger charge is -2.15. The van der Waals surface area contributed by atoms with E-state index in [0.29, 0.717) is 19.6 Å². The molecule has 0 bridgehead atoms. The van der Waals surface area contributed by atoms with Crippen LogP contribution in [0, 0.1) is 5.92 Å². The highest BCUT2D eigenvalue weighted by Gasteiger charge is 2.29. The third-order valence-corrected chi connectivity index (χ3v) is 6.19. The quantitative estimate of drug-likeness (QED) is 0.0464. The van der Waals surface area contributed by atoms with Crippen molar-refractivity contribution in [3.05, 3.63) is 0 Å². The summed E-state index contributed by atoms with van der Waals surface area (Å²) in [4.78, 5) is 25.0. The van der Waals surface area contributed by atoms with Crippen molar-refractivity contribution < 1.29 is 19.1 Å². The predicted octanol–water partition coefficient (Wildman–Crippen LogP) is 7.80. The van der Waals surface area contributed by atoms with Gasteiger partial charge in [-0.1, -0.05) is 120 Å². The summed E-state index contributed by atoms with van der Waals surface area (Å²) in [5, 5.41) is 0. The number of hydrogen-bond donors (Lipinski definition) is 0. The largest absolute Gasteiger partial charge is 0.465 e. The molecule has 0 spiro atoms. The molecule has 0 atom stereocenters. The van der Waals surface area contributed by atoms with Crippen LogP contribution >= 0.6 is 22.6 Å². The van der Waals surface area contributed by atoms with Gasteiger partial charge in [-0.05, 0) is 30.1 Å². The molecule has 0 aliphatic carbocycles. The zero-order valence-electron chi connectivity index (χ0n) is 19.7. The Morgan fingerprint density at radius 3 is 1.47 bits per heavy atom. The number of halogens is 1. The number of hydrogen-bond acceptors (Lipinski definition) is 4. The molecule has 4 nitrogen and oxygen atoms in total. The van der Waals surface area contributed by atoms with Crippen LogP contribution in [-0.4, -0.2) is 29.6 Å². The topological polar surface area (TPSA) is 52.6 Å². The first kappa shape index (κ1) is 29.7. The van der Waals surface area contributed by atoms with E-state index in [1.165, 1.54) is 57.8 Å². The van der Waals surface area contributed by atoms with Crippen LogP contribution in [0.5, 0.6) is 0 Å². The van der Waals surface area contributed by atoms with E-state index >= 15 is 0 Å². The first-order chi connectivity index (χ1) is 14.7. The maximum Gasteiger partial charge on any atom is 0.320 e. The SMILES string of the molecule is CCCCCCCCOC(=O)C(CCCCCCI)C(=O)OCCCCCCCC. The molecule has 178 valence electrons. The van der Waals surface area contributed by atoms with Gasteiger partial charge in [0, 0.05) is 0 Å². The zero-order chi connectivity index (χ0) is 22.3. The summed E-state index contributed by atoms with van der Waals surface area (Å²) in [7, 11) is 0. The van der Waals surface area contributed by atoms with Crippen LogP contribution in [-0.2, 0) is 19.1 Å². The summed E-state index contributed by atoms with van der Waals surface area (Å²) >= 11 is 2.38. The minimum atomic E-state index is -0.746. The maximum absolute atomic E-state index is 12.5. The lowest BCUT2D eigenvalue weighted by atomic mass is 10.0. The molecule has 30 heavy (non-hydrogen) atoms. The number of unbranched alkanes of at least 4 members (excludes halogenated alkanes) is 13. The minimum Gasteiger partial charge on any atom is -0.465 e. The van der Waals surface area contributed by atoms with Gasteiger partial charge in [-0.2, -0.15) is 0 Å². The molecule has 0 saturated heterocycles. The highest BCUT2D eigenvalue weighted by molar-refractivity contribution is 14.1. The van der Waals surface area contributed by atoms with Crippen LogP contribution in [0.25, 0.3) is 0 Å². The molecule has 0 aromatic rings. The van der Waals surface area contributed by atoms with Gasteiger partial charge < -0.3 is 9.47 Å². The molecule has 0 aromatic carbocycles. The second-order valence-electron chi connectivity index (χ2n) is 8.31. The number of carbonyl (C=O) groups excluding carboxylic acids is 2. The van der Waals surface area contributed by atoms with E-state index in [-0.39, 0.29) is 11.9 Å². The number of ether oxygens (including phenoxy) is 2. The summed E-state index contributed by atoms with van der Waals surface area (Å²) in [6.45, 7) is 5.24. The molecule has 5 heteroatoms. The Morgan fingerprint density at radius 2 is 1.00 bits per heavy atom. The van der Waals surface area contributed by atoms with E-state index in [1.54, 1.807) is 0 Å². The Balaban J connectivity index is 4.23. The van der Waals surface area contributed by atoms with Crippen LogP contribution in [0.3, 0.4) is 0 Å². The number of rotatable bonds is 22. The summed E-state index contributed by atoms with van der Waals surface area (Å²) in [5.41, 5.74) is 0. The predicted molar refractivity (Wildman–Crippen MR) is 134 cm³/mol. The van der Waals surface area contributed by atoms with E-state index < -0.39 is 5.92 Å². The Labute approximate surface area is 199 Å². The standard InChI is InChI=1S/C25H47IO4/c1-3-5-7-9-13-17-21-29-24(27)23(19-15-11-12-16-20-26)25(28)30-22-18-14-10-8-6-4-2/h23H,3-22H2,1-2H3. The van der Waals surface area contributed by atoms with Gasteiger partial charge in [0.05, 0.1) is 13.2 Å². The molecule has 0 aliphatic heterocycles. The third kappa shape index (κ3) is 18.4. The van der Waals surface area contributed by atoms with Crippen LogP contribution in [0.2, 0.25) is 0 Å². The molecule has 0 fully saturated rings. The number of alkyl halides is 1. The number of esters is 2. The van der Waals surface area contributed by atoms with Crippen molar-refractivity contribution in [2.45, 2.75) is 123 Å². The molecule has 0 aromatic heterocycles. The molecular weight excluding hydrogens is 491 g/mol. The van der Waals surface area contributed by atoms with E-state index in [2.05, 4.69) is 36.4 Å². The minimum absolute atomic E-state index is 0.384. The Hall–Kier alpha value is -0.330. The van der Waals surface area contributed by atoms with Crippen LogP contribution in [0.1, 0.15) is 123 Å². The van der Waals surface area contributed by atoms with Crippen LogP contribution in [0.4, 0.5) is 0 Å². The first-order valence-electron chi connectivity index (χ1n) is 12.6. The van der Waals surface area contributed by atoms with Gasteiger partial charge in [0.15, 0.2) is 5.92 Å². The molecular formula is C25H47IO4. The van der Waals surface area contributed by atoms with Gasteiger partial charge in [0.25, 0.3) is 0 Å². The van der Waals surface area contributed by atoms with Gasteiger partial charge in [0.1, 0.15) is 0 Å². The van der Waals surface area contributed by atoms with Gasteiger partial charge in [-0.3, -0.25) is 9.59 Å². The Kier molecular flexibility index (Phi) is 23.1. The summed E-state index contributed by atoms with van der Waals surface area (Å²) in [6.07, 6.45) is 18.6. The molecule has 0 radical (unpaired) electrons. The molecule has 0 rings (SSSR count). The smallest absolute Gasteiger partial charge is 0.320 e. The Bertz CT molecular complexity index is 371. The van der Waals surface area contributed by atoms with Gasteiger partial charge in [-0.25, -0.2) is 0 Å². The molecule has 0 unspecified atom stereocenters. The highest BCUT2D eigenvalue weighted by atomic mass is 127. The summed E-state index contributed by atoms with van der Waals surface area (Å²) in [6, 6.07) is 0. The molecule has 0 amide bonds. The van der Waals surface area contributed by atoms with Crippen LogP contribution < -0.4 is 0 Å². The summed E-state index contributed by atoms with van der Waals surface area (Å²) < 4.78 is 12.0. The molecule has 0 N–H and O–H groups in total. The van der Waals surface area contributed by atoms with E-state index in [4.69, 9.17) is 9.47 Å². The monoisotopic (exact) mass is 538 g/mol. The van der Waals surface area contributed by atoms with Gasteiger partial charge in [0.2, 0.25) is 0 Å². The molecule has 0 saturated carbocycles. The van der Waals surface area contributed by atoms with Crippen molar-refractivity contribution in [2.75, 3.05) is 17.6 Å². The summed E-state index contributed by atoms with van der Waals surface area (Å²) in [5.74, 6) is -1.51. The average molecular weight is 539 g/mol. The van der Waals surface area contributed by atoms with E-state index in [0.717, 1.165) is 49.4 Å². The van der Waals surface area contributed by atoms with E-state index in [1.807, 2.05) is 0 Å². The zero-order valence-corrected chi connectivity index (χ0v) is 21.9. The third-order valence-electron chi connectivity index (χ3n) is 5.43. The fraction of sp³-hybridized carbons (Fsp3) is 0.920. The Morgan fingerprint density at radius 1 is 0.600 bits per heavy atom. The second kappa shape index (κ2) is 23.3. The van der Waals surface area contributed by atoms with Gasteiger partial charge >= 0.3 is 11.9 Å². The average Bonchev–Trinajstić information content (AvgIpc) is 2.74. The maximum atomic E-state index is 12.5. The normalized spacial score (nSPS) is 11.1. The van der Waals surface area contributed by atoms with Crippen molar-refractivity contribution in [3.63, 3.8) is 0 Å². The fourth-order valence-corrected chi connectivity index (χ4v) is 3.98. The fourth-order valence-electron chi connectivity index (χ4n) is 3.44. The van der Waals surface area contributed by atoms with Crippen molar-refractivity contribution in [3.8, 4) is 0 Å². The molecule has 0 heterocycles. The van der Waals surface area contributed by atoms with Crippen molar-refractivity contribution in [2.24, 2.45) is 5.92 Å². The lowest BCUT2D eigenvalue weighted by molar-refractivity contribution is -0.162. The van der Waals surface area contributed by atoms with Crippen molar-refractivity contribution in [1.82, 2.24) is 0 Å². The lowest BCUT2D eigenvalue weighted by Crippen LogP contribution is -2.28. The van der Waals surface area contributed by atoms with Crippen molar-refractivity contribution >= 4 is 34.5 Å². The van der Waals surface area contributed by atoms with Gasteiger partial charge in [-0.15, -0.1) is 0 Å². The highest BCUT2D eigenvalue weighted by Crippen LogP contribution is 2.16. The van der Waals surface area contributed by atoms with Crippen molar-refractivity contribution in [1.29, 1.82) is 0 Å². The molecule has 0 aliphatic rings. The second-order valence-corrected chi connectivity index (χ2v) is 9.39. The van der Waals surface area contributed by atoms with E-state index in [9.17, 15) is 9.59 Å².